The van der Waals surface area contributed by atoms with Crippen molar-refractivity contribution < 1.29 is 17.9 Å². The highest BCUT2D eigenvalue weighted by atomic mass is 35.5. The predicted octanol–water partition coefficient (Wildman–Crippen LogP) is 0.949. The lowest BCUT2D eigenvalue weighted by molar-refractivity contribution is 0.159. The molecule has 7 nitrogen and oxygen atoms in total. The predicted molar refractivity (Wildman–Crippen MR) is 71.6 cm³/mol. The second-order valence-corrected chi connectivity index (χ2v) is 5.90. The topological polar surface area (TPSA) is 125 Å². The lowest BCUT2D eigenvalue weighted by Gasteiger charge is -2.10. The summed E-state index contributed by atoms with van der Waals surface area (Å²) in [5.74, 6) is 0. The number of sulfonamides is 1. The van der Waals surface area contributed by atoms with Crippen molar-refractivity contribution in [1.29, 1.82) is 0 Å². The number of benzene rings is 1. The zero-order valence-corrected chi connectivity index (χ0v) is 11.8. The fraction of sp³-hybridized carbons (Fsp3) is 0.222. The zero-order chi connectivity index (χ0) is 14.6. The Kier molecular flexibility index (Phi) is 5.24. The van der Waals surface area contributed by atoms with Crippen LogP contribution < -0.4 is 16.2 Å². The summed E-state index contributed by atoms with van der Waals surface area (Å²) in [6.45, 7) is -0.374. The van der Waals surface area contributed by atoms with E-state index in [0.29, 0.717) is 0 Å². The maximum atomic E-state index is 11.9. The third kappa shape index (κ3) is 4.43. The second-order valence-electron chi connectivity index (χ2n) is 3.38. The molecule has 19 heavy (non-hydrogen) atoms. The van der Waals surface area contributed by atoms with E-state index in [4.69, 9.17) is 34.7 Å². The second kappa shape index (κ2) is 6.29. The third-order valence-corrected chi connectivity index (χ3v) is 4.31. The molecular formula is C9H11Cl2N3O4S. The summed E-state index contributed by atoms with van der Waals surface area (Å²) in [6, 6.07) is 2.53. The van der Waals surface area contributed by atoms with Gasteiger partial charge in [-0.05, 0) is 12.1 Å². The molecule has 0 atom stereocenters. The van der Waals surface area contributed by atoms with E-state index in [1.54, 1.807) is 0 Å². The molecule has 1 aromatic rings. The number of hydrogen-bond acceptors (Lipinski definition) is 5. The van der Waals surface area contributed by atoms with Crippen LogP contribution in [0.15, 0.2) is 17.0 Å². The van der Waals surface area contributed by atoms with Crippen molar-refractivity contribution in [3.05, 3.63) is 22.2 Å². The normalized spacial score (nSPS) is 11.3. The lowest BCUT2D eigenvalue weighted by Crippen LogP contribution is -2.29. The molecule has 0 saturated heterocycles. The summed E-state index contributed by atoms with van der Waals surface area (Å²) >= 11 is 11.6. The molecule has 0 aliphatic carbocycles. The Hall–Kier alpha value is -1.22. The summed E-state index contributed by atoms with van der Waals surface area (Å²) < 4.78 is 30.4. The highest BCUT2D eigenvalue weighted by molar-refractivity contribution is 7.89. The molecule has 0 fully saturated rings. The molecule has 0 unspecified atom stereocenters. The van der Waals surface area contributed by atoms with Gasteiger partial charge < -0.3 is 16.2 Å². The van der Waals surface area contributed by atoms with Crippen LogP contribution in [0.25, 0.3) is 0 Å². The van der Waals surface area contributed by atoms with Crippen LogP contribution in [-0.2, 0) is 14.8 Å². The number of amides is 1. The zero-order valence-electron chi connectivity index (χ0n) is 9.52. The number of ether oxygens (including phenoxy) is 1. The number of rotatable bonds is 5. The van der Waals surface area contributed by atoms with Crippen molar-refractivity contribution in [1.82, 2.24) is 4.72 Å². The van der Waals surface area contributed by atoms with Crippen molar-refractivity contribution in [2.45, 2.75) is 4.90 Å². The van der Waals surface area contributed by atoms with Gasteiger partial charge in [0.25, 0.3) is 0 Å². The van der Waals surface area contributed by atoms with Crippen molar-refractivity contribution in [2.24, 2.45) is 5.73 Å². The fourth-order valence-corrected chi connectivity index (χ4v) is 3.48. The first-order valence-electron chi connectivity index (χ1n) is 4.90. The molecule has 0 heterocycles. The number of nitrogen functional groups attached to an aromatic ring is 1. The maximum absolute atomic E-state index is 11.9. The summed E-state index contributed by atoms with van der Waals surface area (Å²) in [5, 5.41) is -0.207. The Morgan fingerprint density at radius 3 is 2.32 bits per heavy atom. The first-order chi connectivity index (χ1) is 8.74. The molecule has 0 aliphatic rings. The third-order valence-electron chi connectivity index (χ3n) is 1.93. The highest BCUT2D eigenvalue weighted by Crippen LogP contribution is 2.31. The van der Waals surface area contributed by atoms with Gasteiger partial charge in [-0.2, -0.15) is 0 Å². The number of nitrogens with two attached hydrogens (primary N) is 2. The van der Waals surface area contributed by atoms with E-state index in [1.807, 2.05) is 0 Å². The van der Waals surface area contributed by atoms with E-state index in [-0.39, 0.29) is 33.8 Å². The van der Waals surface area contributed by atoms with Crippen molar-refractivity contribution in [3.8, 4) is 0 Å². The quantitative estimate of drug-likeness (QED) is 0.548. The average Bonchev–Trinajstić information content (AvgIpc) is 2.22. The van der Waals surface area contributed by atoms with Crippen LogP contribution in [0.5, 0.6) is 0 Å². The van der Waals surface area contributed by atoms with Crippen LogP contribution in [0, 0.1) is 0 Å². The van der Waals surface area contributed by atoms with Crippen molar-refractivity contribution >= 4 is 45.0 Å². The Bertz CT molecular complexity index is 568. The first kappa shape index (κ1) is 15.8. The van der Waals surface area contributed by atoms with Gasteiger partial charge in [-0.3, -0.25) is 0 Å². The summed E-state index contributed by atoms with van der Waals surface area (Å²) in [7, 11) is -3.94. The number of halogens is 2. The Morgan fingerprint density at radius 2 is 1.84 bits per heavy atom. The van der Waals surface area contributed by atoms with Crippen LogP contribution in [0.3, 0.4) is 0 Å². The van der Waals surface area contributed by atoms with Crippen LogP contribution in [-0.4, -0.2) is 27.7 Å². The standard InChI is InChI=1S/C9H11Cl2N3O4S/c10-6-3-5(12)4-7(11)8(6)19(16,17)14-1-2-18-9(13)15/h3-4,14H,1-2,12H2,(H2,13,15). The van der Waals surface area contributed by atoms with Gasteiger partial charge in [0, 0.05) is 12.2 Å². The fourth-order valence-electron chi connectivity index (χ4n) is 1.24. The van der Waals surface area contributed by atoms with Gasteiger partial charge in [0.05, 0.1) is 10.0 Å². The molecular weight excluding hydrogens is 317 g/mol. The van der Waals surface area contributed by atoms with E-state index in [9.17, 15) is 13.2 Å². The van der Waals surface area contributed by atoms with Gasteiger partial charge >= 0.3 is 6.09 Å². The molecule has 106 valence electrons. The summed E-state index contributed by atoms with van der Waals surface area (Å²) in [5.41, 5.74) is 10.4. The molecule has 0 spiro atoms. The summed E-state index contributed by atoms with van der Waals surface area (Å²) in [4.78, 5) is 10.0. The number of primary amides is 1. The number of nitrogens with one attached hydrogen (secondary N) is 1. The maximum Gasteiger partial charge on any atom is 0.404 e. The first-order valence-corrected chi connectivity index (χ1v) is 7.14. The van der Waals surface area contributed by atoms with E-state index in [1.165, 1.54) is 12.1 Å². The van der Waals surface area contributed by atoms with Crippen LogP contribution in [0.2, 0.25) is 10.0 Å². The number of carbonyl (C=O) groups is 1. The van der Waals surface area contributed by atoms with Gasteiger partial charge in [0.1, 0.15) is 11.5 Å². The van der Waals surface area contributed by atoms with Gasteiger partial charge in [0.15, 0.2) is 0 Å². The molecule has 0 bridgehead atoms. The number of anilines is 1. The number of hydrogen-bond donors (Lipinski definition) is 3. The molecule has 1 rings (SSSR count). The molecule has 0 aromatic heterocycles. The van der Waals surface area contributed by atoms with E-state index in [0.717, 1.165) is 0 Å². The molecule has 10 heteroatoms. The van der Waals surface area contributed by atoms with Gasteiger partial charge in [0.2, 0.25) is 10.0 Å². The Morgan fingerprint density at radius 1 is 1.32 bits per heavy atom. The van der Waals surface area contributed by atoms with Crippen LogP contribution in [0.1, 0.15) is 0 Å². The smallest absolute Gasteiger partial charge is 0.404 e. The van der Waals surface area contributed by atoms with E-state index in [2.05, 4.69) is 9.46 Å². The van der Waals surface area contributed by atoms with E-state index >= 15 is 0 Å². The largest absolute Gasteiger partial charge is 0.448 e. The molecule has 0 aliphatic heterocycles. The van der Waals surface area contributed by atoms with Gasteiger partial charge in [-0.25, -0.2) is 17.9 Å². The van der Waals surface area contributed by atoms with Gasteiger partial charge in [-0.15, -0.1) is 0 Å². The van der Waals surface area contributed by atoms with Crippen LogP contribution in [0.4, 0.5) is 10.5 Å². The van der Waals surface area contributed by atoms with Crippen molar-refractivity contribution in [2.75, 3.05) is 18.9 Å². The van der Waals surface area contributed by atoms with E-state index < -0.39 is 16.1 Å². The minimum Gasteiger partial charge on any atom is -0.448 e. The highest BCUT2D eigenvalue weighted by Gasteiger charge is 2.21. The Labute approximate surface area is 119 Å². The molecule has 1 aromatic carbocycles. The minimum absolute atomic E-state index is 0.103. The summed E-state index contributed by atoms with van der Waals surface area (Å²) in [6.07, 6.45) is -0.997. The lowest BCUT2D eigenvalue weighted by atomic mass is 10.3. The Balaban J connectivity index is 2.86. The SMILES string of the molecule is NC(=O)OCCNS(=O)(=O)c1c(Cl)cc(N)cc1Cl. The van der Waals surface area contributed by atoms with Crippen LogP contribution >= 0.6 is 23.2 Å². The van der Waals surface area contributed by atoms with Crippen molar-refractivity contribution in [3.63, 3.8) is 0 Å². The molecule has 5 N–H and O–H groups in total. The monoisotopic (exact) mass is 327 g/mol. The minimum atomic E-state index is -3.94. The van der Waals surface area contributed by atoms with Gasteiger partial charge in [-0.1, -0.05) is 23.2 Å². The molecule has 1 amide bonds. The number of carbonyl (C=O) groups excluding carboxylic acids is 1. The average molecular weight is 328 g/mol. The molecule has 0 radical (unpaired) electrons. The molecule has 0 saturated carbocycles.